The van der Waals surface area contributed by atoms with Crippen LogP contribution in [0.5, 0.6) is 5.75 Å². The largest absolute Gasteiger partial charge is 0.483 e. The highest BCUT2D eigenvalue weighted by atomic mass is 16.5. The predicted molar refractivity (Wildman–Crippen MR) is 115 cm³/mol. The Kier molecular flexibility index (Phi) is 8.31. The van der Waals surface area contributed by atoms with E-state index in [2.05, 4.69) is 27.7 Å². The number of hydrogen-bond donors (Lipinski definition) is 3. The van der Waals surface area contributed by atoms with Crippen LogP contribution in [-0.4, -0.2) is 37.1 Å². The molecule has 8 nitrogen and oxygen atoms in total. The number of para-hydroxylation sites is 2. The second-order valence-electron chi connectivity index (χ2n) is 6.34. The third-order valence-electron chi connectivity index (χ3n) is 4.01. The van der Waals surface area contributed by atoms with Crippen LogP contribution in [-0.2, 0) is 14.4 Å². The van der Waals surface area contributed by atoms with E-state index in [0.717, 1.165) is 16.8 Å². The van der Waals surface area contributed by atoms with Crippen LogP contribution in [0.2, 0.25) is 0 Å². The molecule has 2 aromatic rings. The van der Waals surface area contributed by atoms with Crippen molar-refractivity contribution in [2.75, 3.05) is 18.5 Å². The van der Waals surface area contributed by atoms with Gasteiger partial charge in [0.25, 0.3) is 5.91 Å². The van der Waals surface area contributed by atoms with Gasteiger partial charge >= 0.3 is 11.8 Å². The molecule has 3 N–H and O–H groups in total. The van der Waals surface area contributed by atoms with Gasteiger partial charge in [0.1, 0.15) is 5.75 Å². The molecule has 0 saturated heterocycles. The van der Waals surface area contributed by atoms with Crippen LogP contribution in [0.15, 0.2) is 60.2 Å². The van der Waals surface area contributed by atoms with Gasteiger partial charge in [0.2, 0.25) is 0 Å². The molecule has 0 radical (unpaired) electrons. The first-order valence-electron chi connectivity index (χ1n) is 9.22. The summed E-state index contributed by atoms with van der Waals surface area (Å²) in [5.41, 5.74) is 5.34. The number of hydrazone groups is 1. The number of aryl methyl sites for hydroxylation is 2. The van der Waals surface area contributed by atoms with Crippen molar-refractivity contribution in [3.63, 3.8) is 0 Å². The molecule has 0 aliphatic carbocycles. The molecule has 0 aliphatic heterocycles. The van der Waals surface area contributed by atoms with Crippen LogP contribution in [0.25, 0.3) is 0 Å². The zero-order valence-electron chi connectivity index (χ0n) is 16.9. The smallest absolute Gasteiger partial charge is 0.329 e. The summed E-state index contributed by atoms with van der Waals surface area (Å²) < 4.78 is 5.60. The van der Waals surface area contributed by atoms with Crippen molar-refractivity contribution in [2.24, 2.45) is 5.10 Å². The van der Waals surface area contributed by atoms with Gasteiger partial charge in [0, 0.05) is 17.8 Å². The molecule has 0 spiro atoms. The minimum atomic E-state index is -0.903. The van der Waals surface area contributed by atoms with Crippen LogP contribution < -0.4 is 20.8 Å². The Morgan fingerprint density at radius 1 is 1.03 bits per heavy atom. The molecular formula is C22H24N4O4. The van der Waals surface area contributed by atoms with Gasteiger partial charge < -0.3 is 15.4 Å². The summed E-state index contributed by atoms with van der Waals surface area (Å²) >= 11 is 0. The lowest BCUT2D eigenvalue weighted by Gasteiger charge is -2.13. The number of anilines is 1. The van der Waals surface area contributed by atoms with Gasteiger partial charge in [-0.15, -0.1) is 6.58 Å². The number of carbonyl (C=O) groups excluding carboxylic acids is 3. The van der Waals surface area contributed by atoms with Gasteiger partial charge in [-0.2, -0.15) is 5.10 Å². The molecule has 2 aromatic carbocycles. The normalized spacial score (nSPS) is 10.3. The first kappa shape index (κ1) is 22.4. The monoisotopic (exact) mass is 408 g/mol. The molecule has 8 heteroatoms. The average Bonchev–Trinajstić information content (AvgIpc) is 2.73. The number of carbonyl (C=O) groups is 3. The number of ether oxygens (including phenoxy) is 1. The Bertz CT molecular complexity index is 949. The molecule has 3 amide bonds. The van der Waals surface area contributed by atoms with Gasteiger partial charge in [0.15, 0.2) is 6.61 Å². The molecule has 156 valence electrons. The van der Waals surface area contributed by atoms with Gasteiger partial charge in [-0.3, -0.25) is 14.4 Å². The molecule has 0 unspecified atom stereocenters. The van der Waals surface area contributed by atoms with Crippen molar-refractivity contribution in [1.82, 2.24) is 10.7 Å². The number of hydrogen-bond acceptors (Lipinski definition) is 5. The molecule has 0 aromatic heterocycles. The number of benzene rings is 2. The van der Waals surface area contributed by atoms with E-state index in [0.29, 0.717) is 11.3 Å². The first-order chi connectivity index (χ1) is 14.4. The van der Waals surface area contributed by atoms with Gasteiger partial charge in [-0.05, 0) is 37.1 Å². The Labute approximate surface area is 175 Å². The molecule has 0 heterocycles. The second-order valence-corrected chi connectivity index (χ2v) is 6.34. The number of amides is 3. The van der Waals surface area contributed by atoms with Crippen LogP contribution in [0.4, 0.5) is 5.69 Å². The van der Waals surface area contributed by atoms with Crippen LogP contribution >= 0.6 is 0 Å². The summed E-state index contributed by atoms with van der Waals surface area (Å²) in [5, 5.41) is 8.95. The molecule has 0 atom stereocenters. The Morgan fingerprint density at radius 3 is 2.43 bits per heavy atom. The topological polar surface area (TPSA) is 109 Å². The minimum absolute atomic E-state index is 0.177. The Balaban J connectivity index is 1.95. The highest BCUT2D eigenvalue weighted by Gasteiger charge is 2.11. The maximum Gasteiger partial charge on any atom is 0.329 e. The molecule has 0 saturated carbocycles. The summed E-state index contributed by atoms with van der Waals surface area (Å²) in [4.78, 5) is 35.4. The standard InChI is InChI=1S/C22H24N4O4/c1-4-12-23-21(28)22(29)26-24-13-17-10-5-6-11-18(17)30-14-19(27)25-20-15(2)8-7-9-16(20)3/h4-11,13H,1,12,14H2,2-3H3,(H,23,28)(H,25,27)(H,26,29)/b24-13-. The van der Waals surface area contributed by atoms with Gasteiger partial charge in [0.05, 0.1) is 6.21 Å². The molecule has 0 bridgehead atoms. The van der Waals surface area contributed by atoms with Crippen molar-refractivity contribution in [2.45, 2.75) is 13.8 Å². The van der Waals surface area contributed by atoms with Gasteiger partial charge in [-0.25, -0.2) is 5.43 Å². The zero-order chi connectivity index (χ0) is 21.9. The highest BCUT2D eigenvalue weighted by molar-refractivity contribution is 6.35. The first-order valence-corrected chi connectivity index (χ1v) is 9.22. The number of nitrogens with zero attached hydrogens (tertiary/aromatic N) is 1. The number of rotatable bonds is 8. The zero-order valence-corrected chi connectivity index (χ0v) is 16.9. The third-order valence-corrected chi connectivity index (χ3v) is 4.01. The molecule has 0 fully saturated rings. The van der Waals surface area contributed by atoms with E-state index in [1.54, 1.807) is 24.3 Å². The van der Waals surface area contributed by atoms with Crippen molar-refractivity contribution in [1.29, 1.82) is 0 Å². The average molecular weight is 408 g/mol. The maximum absolute atomic E-state index is 12.3. The quantitative estimate of drug-likeness (QED) is 0.269. The van der Waals surface area contributed by atoms with Crippen molar-refractivity contribution in [3.8, 4) is 5.75 Å². The SMILES string of the molecule is C=CCNC(=O)C(=O)N/N=C\c1ccccc1OCC(=O)Nc1c(C)cccc1C. The highest BCUT2D eigenvalue weighted by Crippen LogP contribution is 2.20. The van der Waals surface area contributed by atoms with Crippen LogP contribution in [0.3, 0.4) is 0 Å². The fraction of sp³-hybridized carbons (Fsp3) is 0.182. The summed E-state index contributed by atoms with van der Waals surface area (Å²) in [5.74, 6) is -1.62. The third kappa shape index (κ3) is 6.59. The van der Waals surface area contributed by atoms with E-state index >= 15 is 0 Å². The van der Waals surface area contributed by atoms with Crippen LogP contribution in [0.1, 0.15) is 16.7 Å². The summed E-state index contributed by atoms with van der Waals surface area (Å²) in [6.45, 7) is 7.26. The number of nitrogens with one attached hydrogen (secondary N) is 3. The lowest BCUT2D eigenvalue weighted by Crippen LogP contribution is -2.37. The van der Waals surface area contributed by atoms with E-state index in [-0.39, 0.29) is 19.1 Å². The van der Waals surface area contributed by atoms with E-state index in [9.17, 15) is 14.4 Å². The fourth-order valence-corrected chi connectivity index (χ4v) is 2.51. The van der Waals surface area contributed by atoms with Crippen molar-refractivity contribution in [3.05, 3.63) is 71.8 Å². The van der Waals surface area contributed by atoms with E-state index < -0.39 is 11.8 Å². The predicted octanol–water partition coefficient (Wildman–Crippen LogP) is 2.07. The van der Waals surface area contributed by atoms with Crippen LogP contribution in [0, 0.1) is 13.8 Å². The molecule has 0 aliphatic rings. The second kappa shape index (κ2) is 11.2. The molecular weight excluding hydrogens is 384 g/mol. The van der Waals surface area contributed by atoms with Crippen molar-refractivity contribution >= 4 is 29.6 Å². The summed E-state index contributed by atoms with van der Waals surface area (Å²) in [6.07, 6.45) is 2.79. The molecule has 2 rings (SSSR count). The van der Waals surface area contributed by atoms with E-state index in [1.165, 1.54) is 12.3 Å². The summed E-state index contributed by atoms with van der Waals surface area (Å²) in [7, 11) is 0. The lowest BCUT2D eigenvalue weighted by molar-refractivity contribution is -0.139. The summed E-state index contributed by atoms with van der Waals surface area (Å²) in [6, 6.07) is 12.6. The van der Waals surface area contributed by atoms with E-state index in [1.807, 2.05) is 32.0 Å². The fourth-order valence-electron chi connectivity index (χ4n) is 2.51. The lowest BCUT2D eigenvalue weighted by atomic mass is 10.1. The van der Waals surface area contributed by atoms with Gasteiger partial charge in [-0.1, -0.05) is 36.4 Å². The van der Waals surface area contributed by atoms with E-state index in [4.69, 9.17) is 4.74 Å². The molecule has 30 heavy (non-hydrogen) atoms. The maximum atomic E-state index is 12.3. The minimum Gasteiger partial charge on any atom is -0.483 e. The van der Waals surface area contributed by atoms with Crippen molar-refractivity contribution < 1.29 is 19.1 Å². The Morgan fingerprint density at radius 2 is 1.73 bits per heavy atom. The Hall–Kier alpha value is -3.94.